The molecule has 6 nitrogen and oxygen atoms in total. The van der Waals surface area contributed by atoms with Gasteiger partial charge in [0.25, 0.3) is 5.56 Å². The number of methoxy groups -OCH3 is 1. The lowest BCUT2D eigenvalue weighted by Crippen LogP contribution is -2.47. The highest BCUT2D eigenvalue weighted by Gasteiger charge is 2.18. The summed E-state index contributed by atoms with van der Waals surface area (Å²) in [4.78, 5) is 16.3. The molecular formula is C18H23FN4O2. The molecule has 0 unspecified atom stereocenters. The van der Waals surface area contributed by atoms with E-state index in [9.17, 15) is 9.18 Å². The van der Waals surface area contributed by atoms with Crippen molar-refractivity contribution in [2.24, 2.45) is 0 Å². The minimum absolute atomic E-state index is 0.0817. The van der Waals surface area contributed by atoms with Crippen LogP contribution in [-0.2, 0) is 13.2 Å². The van der Waals surface area contributed by atoms with E-state index < -0.39 is 0 Å². The Morgan fingerprint density at radius 1 is 1.12 bits per heavy atom. The van der Waals surface area contributed by atoms with Crippen molar-refractivity contribution in [2.45, 2.75) is 20.1 Å². The molecule has 1 saturated heterocycles. The van der Waals surface area contributed by atoms with E-state index >= 15 is 0 Å². The molecule has 0 saturated carbocycles. The summed E-state index contributed by atoms with van der Waals surface area (Å²) >= 11 is 0. The van der Waals surface area contributed by atoms with E-state index in [2.05, 4.69) is 14.9 Å². The normalized spacial score (nSPS) is 16.1. The molecular weight excluding hydrogens is 323 g/mol. The Labute approximate surface area is 146 Å². The Hall–Kier alpha value is -2.25. The largest absolute Gasteiger partial charge is 0.494 e. The van der Waals surface area contributed by atoms with Gasteiger partial charge in [0.2, 0.25) is 0 Å². The second kappa shape index (κ2) is 7.76. The first-order valence-corrected chi connectivity index (χ1v) is 8.37. The van der Waals surface area contributed by atoms with Crippen molar-refractivity contribution in [3.8, 4) is 5.75 Å². The van der Waals surface area contributed by atoms with E-state index in [4.69, 9.17) is 4.74 Å². The third-order valence-corrected chi connectivity index (χ3v) is 4.42. The van der Waals surface area contributed by atoms with Gasteiger partial charge < -0.3 is 4.74 Å². The molecule has 0 bridgehead atoms. The average molecular weight is 346 g/mol. The van der Waals surface area contributed by atoms with Gasteiger partial charge in [0.05, 0.1) is 19.5 Å². The van der Waals surface area contributed by atoms with E-state index in [1.807, 2.05) is 13.0 Å². The predicted molar refractivity (Wildman–Crippen MR) is 93.0 cm³/mol. The first-order chi connectivity index (χ1) is 12.0. The monoisotopic (exact) mass is 346 g/mol. The molecule has 0 amide bonds. The summed E-state index contributed by atoms with van der Waals surface area (Å²) in [5, 5.41) is 4.27. The van der Waals surface area contributed by atoms with Gasteiger partial charge in [-0.1, -0.05) is 6.07 Å². The first-order valence-electron chi connectivity index (χ1n) is 8.37. The molecule has 1 aliphatic heterocycles. The van der Waals surface area contributed by atoms with Crippen molar-refractivity contribution in [1.82, 2.24) is 19.6 Å². The molecule has 1 aliphatic rings. The second-order valence-corrected chi connectivity index (χ2v) is 6.32. The fraction of sp³-hybridized carbons (Fsp3) is 0.444. The molecule has 25 heavy (non-hydrogen) atoms. The highest BCUT2D eigenvalue weighted by atomic mass is 19.1. The number of aromatic nitrogens is 2. The predicted octanol–water partition coefficient (Wildman–Crippen LogP) is 1.47. The van der Waals surface area contributed by atoms with Crippen LogP contribution in [-0.4, -0.2) is 52.9 Å². The van der Waals surface area contributed by atoms with Crippen LogP contribution in [0.4, 0.5) is 4.39 Å². The van der Waals surface area contributed by atoms with E-state index in [0.29, 0.717) is 13.2 Å². The van der Waals surface area contributed by atoms with Gasteiger partial charge in [0.1, 0.15) is 0 Å². The van der Waals surface area contributed by atoms with Crippen molar-refractivity contribution in [2.75, 3.05) is 33.3 Å². The van der Waals surface area contributed by atoms with Crippen LogP contribution in [0.2, 0.25) is 0 Å². The van der Waals surface area contributed by atoms with Crippen LogP contribution in [0, 0.1) is 12.7 Å². The van der Waals surface area contributed by atoms with E-state index in [-0.39, 0.29) is 17.1 Å². The first kappa shape index (κ1) is 17.6. The van der Waals surface area contributed by atoms with Crippen LogP contribution in [0.15, 0.2) is 35.1 Å². The van der Waals surface area contributed by atoms with Gasteiger partial charge in [-0.15, -0.1) is 0 Å². The van der Waals surface area contributed by atoms with Crippen molar-refractivity contribution >= 4 is 0 Å². The van der Waals surface area contributed by atoms with Crippen LogP contribution in [0.25, 0.3) is 0 Å². The topological polar surface area (TPSA) is 50.6 Å². The number of hydrogen-bond donors (Lipinski definition) is 0. The molecule has 0 spiro atoms. The number of ether oxygens (including phenoxy) is 1. The van der Waals surface area contributed by atoms with Crippen LogP contribution in [0.1, 0.15) is 11.3 Å². The zero-order chi connectivity index (χ0) is 17.8. The van der Waals surface area contributed by atoms with Crippen molar-refractivity contribution in [3.05, 3.63) is 57.8 Å². The van der Waals surface area contributed by atoms with Crippen LogP contribution in [0.3, 0.4) is 0 Å². The lowest BCUT2D eigenvalue weighted by Gasteiger charge is -2.34. The van der Waals surface area contributed by atoms with Gasteiger partial charge in [-0.2, -0.15) is 5.10 Å². The fourth-order valence-electron chi connectivity index (χ4n) is 3.00. The molecule has 0 radical (unpaired) electrons. The molecule has 0 N–H and O–H groups in total. The highest BCUT2D eigenvalue weighted by Crippen LogP contribution is 2.19. The average Bonchev–Trinajstić information content (AvgIpc) is 2.60. The summed E-state index contributed by atoms with van der Waals surface area (Å²) in [6.45, 7) is 6.52. The van der Waals surface area contributed by atoms with E-state index in [0.717, 1.165) is 37.4 Å². The third kappa shape index (κ3) is 4.43. The molecule has 3 rings (SSSR count). The Balaban J connectivity index is 1.54. The third-order valence-electron chi connectivity index (χ3n) is 4.42. The number of hydrogen-bond acceptors (Lipinski definition) is 5. The lowest BCUT2D eigenvalue weighted by atomic mass is 10.2. The Morgan fingerprint density at radius 2 is 1.84 bits per heavy atom. The number of halogens is 1. The Morgan fingerprint density at radius 3 is 2.52 bits per heavy atom. The van der Waals surface area contributed by atoms with Crippen molar-refractivity contribution in [1.29, 1.82) is 0 Å². The highest BCUT2D eigenvalue weighted by molar-refractivity contribution is 5.29. The Kier molecular flexibility index (Phi) is 5.45. The van der Waals surface area contributed by atoms with Gasteiger partial charge in [-0.25, -0.2) is 9.07 Å². The maximum Gasteiger partial charge on any atom is 0.267 e. The fourth-order valence-corrected chi connectivity index (χ4v) is 3.00. The summed E-state index contributed by atoms with van der Waals surface area (Å²) in [5.74, 6) is -0.0619. The van der Waals surface area contributed by atoms with Gasteiger partial charge in [-0.3, -0.25) is 14.6 Å². The summed E-state index contributed by atoms with van der Waals surface area (Å²) in [7, 11) is 1.46. The van der Waals surface area contributed by atoms with Gasteiger partial charge in [-0.05, 0) is 30.7 Å². The molecule has 0 atom stereocenters. The van der Waals surface area contributed by atoms with Crippen molar-refractivity contribution in [3.63, 3.8) is 0 Å². The molecule has 2 heterocycles. The Bertz CT molecular complexity index is 785. The van der Waals surface area contributed by atoms with E-state index in [1.54, 1.807) is 18.2 Å². The maximum absolute atomic E-state index is 13.8. The van der Waals surface area contributed by atoms with Crippen molar-refractivity contribution < 1.29 is 9.13 Å². The zero-order valence-corrected chi connectivity index (χ0v) is 14.6. The summed E-state index contributed by atoms with van der Waals surface area (Å²) in [6.07, 6.45) is 0. The number of nitrogens with zero attached hydrogens (tertiary/aromatic N) is 4. The molecule has 1 aromatic heterocycles. The van der Waals surface area contributed by atoms with Crippen LogP contribution >= 0.6 is 0 Å². The molecule has 1 aromatic carbocycles. The molecule has 2 aromatic rings. The SMILES string of the molecule is COc1ccc(CN2CCN(Cn3nc(C)ccc3=O)CC2)cc1F. The zero-order valence-electron chi connectivity index (χ0n) is 14.6. The number of piperazine rings is 1. The number of aryl methyl sites for hydroxylation is 1. The van der Waals surface area contributed by atoms with Crippen LogP contribution in [0.5, 0.6) is 5.75 Å². The molecule has 134 valence electrons. The molecule has 1 fully saturated rings. The minimum atomic E-state index is -0.330. The van der Waals surface area contributed by atoms with Crippen LogP contribution < -0.4 is 10.3 Å². The standard InChI is InChI=1S/C18H23FN4O2/c1-14-3-6-18(24)23(20-14)13-22-9-7-21(8-10-22)12-15-4-5-17(25-2)16(19)11-15/h3-6,11H,7-10,12-13H2,1-2H3. The lowest BCUT2D eigenvalue weighted by molar-refractivity contribution is 0.0967. The minimum Gasteiger partial charge on any atom is -0.494 e. The maximum atomic E-state index is 13.8. The number of rotatable bonds is 5. The number of benzene rings is 1. The van der Waals surface area contributed by atoms with Gasteiger partial charge in [0, 0.05) is 38.8 Å². The second-order valence-electron chi connectivity index (χ2n) is 6.32. The van der Waals surface area contributed by atoms with E-state index in [1.165, 1.54) is 17.9 Å². The summed E-state index contributed by atoms with van der Waals surface area (Å²) < 4.78 is 20.2. The summed E-state index contributed by atoms with van der Waals surface area (Å²) in [5.41, 5.74) is 1.69. The molecule has 7 heteroatoms. The summed E-state index contributed by atoms with van der Waals surface area (Å²) in [6, 6.07) is 8.37. The van der Waals surface area contributed by atoms with Gasteiger partial charge >= 0.3 is 0 Å². The smallest absolute Gasteiger partial charge is 0.267 e. The molecule has 0 aliphatic carbocycles. The van der Waals surface area contributed by atoms with Gasteiger partial charge in [0.15, 0.2) is 11.6 Å². The quantitative estimate of drug-likeness (QED) is 0.821.